The van der Waals surface area contributed by atoms with Gasteiger partial charge in [0.2, 0.25) is 0 Å². The Kier molecular flexibility index (Phi) is 4.75. The number of carbonyl (C=O) groups excluding carboxylic acids is 1. The van der Waals surface area contributed by atoms with Crippen LogP contribution in [0.2, 0.25) is 0 Å². The first-order chi connectivity index (χ1) is 9.58. The summed E-state index contributed by atoms with van der Waals surface area (Å²) in [6.07, 6.45) is 3.76. The summed E-state index contributed by atoms with van der Waals surface area (Å²) in [6, 6.07) is 1.77. The summed E-state index contributed by atoms with van der Waals surface area (Å²) in [5.41, 5.74) is 7.38. The zero-order chi connectivity index (χ0) is 14.7. The molecule has 20 heavy (non-hydrogen) atoms. The van der Waals surface area contributed by atoms with Crippen molar-refractivity contribution in [3.8, 4) is 0 Å². The van der Waals surface area contributed by atoms with Crippen LogP contribution in [0.25, 0.3) is 0 Å². The maximum Gasteiger partial charge on any atom is 0.272 e. The third-order valence-electron chi connectivity index (χ3n) is 3.80. The number of aryl methyl sites for hydroxylation is 2. The van der Waals surface area contributed by atoms with Gasteiger partial charge in [0.05, 0.1) is 16.7 Å². The van der Waals surface area contributed by atoms with Crippen molar-refractivity contribution in [3.05, 3.63) is 17.5 Å². The third-order valence-corrected chi connectivity index (χ3v) is 4.08. The summed E-state index contributed by atoms with van der Waals surface area (Å²) in [6.45, 7) is 5.43. The Morgan fingerprint density at radius 2 is 2.25 bits per heavy atom. The molecule has 0 aromatic carbocycles. The minimum atomic E-state index is -0.114. The molecule has 1 fully saturated rings. The highest BCUT2D eigenvalue weighted by Gasteiger charge is 2.31. The monoisotopic (exact) mass is 294 g/mol. The van der Waals surface area contributed by atoms with E-state index in [0.717, 1.165) is 37.9 Å². The van der Waals surface area contributed by atoms with Crippen LogP contribution in [-0.4, -0.2) is 38.2 Å². The Morgan fingerprint density at radius 1 is 1.50 bits per heavy atom. The molecule has 1 aliphatic rings. The van der Waals surface area contributed by atoms with Crippen LogP contribution in [0.4, 0.5) is 0 Å². The summed E-state index contributed by atoms with van der Waals surface area (Å²) >= 11 is 5.11. The van der Waals surface area contributed by atoms with Crippen molar-refractivity contribution in [1.29, 1.82) is 0 Å². The number of rotatable bonds is 4. The predicted octanol–water partition coefficient (Wildman–Crippen LogP) is 1.75. The van der Waals surface area contributed by atoms with Gasteiger partial charge >= 0.3 is 0 Å². The lowest BCUT2D eigenvalue weighted by molar-refractivity contribution is 0.0669. The molecule has 110 valence electrons. The van der Waals surface area contributed by atoms with Crippen LogP contribution in [0.5, 0.6) is 0 Å². The summed E-state index contributed by atoms with van der Waals surface area (Å²) in [5, 5.41) is 4.44. The van der Waals surface area contributed by atoms with Gasteiger partial charge in [-0.15, -0.1) is 0 Å². The largest absolute Gasteiger partial charge is 0.392 e. The number of hydrogen-bond donors (Lipinski definition) is 1. The van der Waals surface area contributed by atoms with Gasteiger partial charge in [0.25, 0.3) is 5.91 Å². The second kappa shape index (κ2) is 6.35. The molecule has 0 bridgehead atoms. The van der Waals surface area contributed by atoms with Crippen molar-refractivity contribution < 1.29 is 4.79 Å². The summed E-state index contributed by atoms with van der Waals surface area (Å²) < 4.78 is 1.77. The lowest BCUT2D eigenvalue weighted by Gasteiger charge is -2.35. The normalized spacial score (nSPS) is 19.1. The van der Waals surface area contributed by atoms with Gasteiger partial charge in [-0.2, -0.15) is 5.10 Å². The second-order valence-electron chi connectivity index (χ2n) is 5.10. The molecule has 1 amide bonds. The Bertz CT molecular complexity index is 511. The molecule has 1 atom stereocenters. The van der Waals surface area contributed by atoms with Crippen LogP contribution in [-0.2, 0) is 13.0 Å². The number of thiocarbonyl (C=S) groups is 1. The van der Waals surface area contributed by atoms with Crippen molar-refractivity contribution in [1.82, 2.24) is 14.7 Å². The van der Waals surface area contributed by atoms with E-state index in [0.29, 0.717) is 17.2 Å². The molecule has 1 unspecified atom stereocenters. The maximum absolute atomic E-state index is 12.8. The highest BCUT2D eigenvalue weighted by Crippen LogP contribution is 2.20. The first-order valence-electron chi connectivity index (χ1n) is 7.25. The van der Waals surface area contributed by atoms with Crippen molar-refractivity contribution in [2.75, 3.05) is 6.54 Å². The molecule has 2 rings (SSSR count). The number of nitrogens with two attached hydrogens (primary N) is 1. The average molecular weight is 294 g/mol. The molecular formula is C14H22N4OS. The van der Waals surface area contributed by atoms with Gasteiger partial charge in [-0.3, -0.25) is 9.48 Å². The molecule has 1 aromatic rings. The van der Waals surface area contributed by atoms with Crippen LogP contribution >= 0.6 is 12.2 Å². The van der Waals surface area contributed by atoms with Crippen molar-refractivity contribution in [3.63, 3.8) is 0 Å². The molecule has 0 spiro atoms. The quantitative estimate of drug-likeness (QED) is 0.859. The lowest BCUT2D eigenvalue weighted by atomic mass is 10.0. The molecule has 1 aliphatic heterocycles. The first-order valence-corrected chi connectivity index (χ1v) is 7.66. The first kappa shape index (κ1) is 15.0. The smallest absolute Gasteiger partial charge is 0.272 e. The van der Waals surface area contributed by atoms with Crippen LogP contribution in [0.1, 0.15) is 49.3 Å². The van der Waals surface area contributed by atoms with E-state index in [-0.39, 0.29) is 11.9 Å². The number of hydrogen-bond acceptors (Lipinski definition) is 3. The average Bonchev–Trinajstić information content (AvgIpc) is 2.89. The van der Waals surface area contributed by atoms with Crippen LogP contribution < -0.4 is 5.73 Å². The number of likely N-dealkylation sites (tertiary alicyclic amines) is 1. The summed E-state index contributed by atoms with van der Waals surface area (Å²) in [4.78, 5) is 15.0. The van der Waals surface area contributed by atoms with Crippen molar-refractivity contribution in [2.24, 2.45) is 5.73 Å². The molecule has 2 heterocycles. The molecule has 2 N–H and O–H groups in total. The Hall–Kier alpha value is -1.43. The van der Waals surface area contributed by atoms with E-state index in [9.17, 15) is 4.79 Å². The standard InChI is InChI=1S/C14H22N4OS/c1-3-10-9-12(18(4-2)16-10)14(19)17-8-6-5-7-11(17)13(15)20/h9,11H,3-8H2,1-2H3,(H2,15,20). The topological polar surface area (TPSA) is 64.2 Å². The van der Waals surface area contributed by atoms with Crippen molar-refractivity contribution >= 4 is 23.1 Å². The van der Waals surface area contributed by atoms with Gasteiger partial charge in [-0.25, -0.2) is 0 Å². The van der Waals surface area contributed by atoms with Gasteiger partial charge in [0.15, 0.2) is 0 Å². The predicted molar refractivity (Wildman–Crippen MR) is 82.7 cm³/mol. The minimum absolute atomic E-state index is 0.00319. The summed E-state index contributed by atoms with van der Waals surface area (Å²) in [7, 11) is 0. The van der Waals surface area contributed by atoms with Gasteiger partial charge in [-0.1, -0.05) is 19.1 Å². The summed E-state index contributed by atoms with van der Waals surface area (Å²) in [5.74, 6) is -0.00319. The van der Waals surface area contributed by atoms with E-state index >= 15 is 0 Å². The molecular weight excluding hydrogens is 272 g/mol. The number of aromatic nitrogens is 2. The minimum Gasteiger partial charge on any atom is -0.392 e. The van der Waals surface area contributed by atoms with Crippen LogP contribution in [0, 0.1) is 0 Å². The number of amides is 1. The van der Waals surface area contributed by atoms with Gasteiger partial charge < -0.3 is 10.6 Å². The number of piperidine rings is 1. The maximum atomic E-state index is 12.8. The van der Waals surface area contributed by atoms with E-state index in [4.69, 9.17) is 18.0 Å². The zero-order valence-corrected chi connectivity index (χ0v) is 12.9. The molecule has 0 aliphatic carbocycles. The zero-order valence-electron chi connectivity index (χ0n) is 12.1. The molecule has 1 saturated heterocycles. The van der Waals surface area contributed by atoms with E-state index in [1.807, 2.05) is 24.8 Å². The Morgan fingerprint density at radius 3 is 2.85 bits per heavy atom. The molecule has 5 nitrogen and oxygen atoms in total. The number of nitrogens with zero attached hydrogens (tertiary/aromatic N) is 3. The highest BCUT2D eigenvalue weighted by atomic mass is 32.1. The van der Waals surface area contributed by atoms with Crippen LogP contribution in [0.15, 0.2) is 6.07 Å². The fourth-order valence-corrected chi connectivity index (χ4v) is 2.92. The van der Waals surface area contributed by atoms with E-state index in [2.05, 4.69) is 5.10 Å². The SMILES string of the molecule is CCc1cc(C(=O)N2CCCCC2C(N)=S)n(CC)n1. The molecule has 6 heteroatoms. The van der Waals surface area contributed by atoms with Gasteiger partial charge in [0, 0.05) is 13.1 Å². The second-order valence-corrected chi connectivity index (χ2v) is 5.57. The number of carbonyl (C=O) groups is 1. The molecule has 0 saturated carbocycles. The fourth-order valence-electron chi connectivity index (χ4n) is 2.67. The molecule has 0 radical (unpaired) electrons. The molecule has 1 aromatic heterocycles. The van der Waals surface area contributed by atoms with Gasteiger partial charge in [0.1, 0.15) is 5.69 Å². The van der Waals surface area contributed by atoms with Crippen molar-refractivity contribution in [2.45, 2.75) is 52.1 Å². The fraction of sp³-hybridized carbons (Fsp3) is 0.643. The van der Waals surface area contributed by atoms with Crippen LogP contribution in [0.3, 0.4) is 0 Å². The van der Waals surface area contributed by atoms with Gasteiger partial charge in [-0.05, 0) is 38.7 Å². The van der Waals surface area contributed by atoms with E-state index in [1.54, 1.807) is 4.68 Å². The Balaban J connectivity index is 2.29. The van der Waals surface area contributed by atoms with E-state index < -0.39 is 0 Å². The lowest BCUT2D eigenvalue weighted by Crippen LogP contribution is -2.50. The highest BCUT2D eigenvalue weighted by molar-refractivity contribution is 7.80. The van der Waals surface area contributed by atoms with E-state index in [1.165, 1.54) is 0 Å². The third kappa shape index (κ3) is 2.85. The Labute approximate surface area is 125 Å².